The van der Waals surface area contributed by atoms with E-state index in [-0.39, 0.29) is 0 Å². The van der Waals surface area contributed by atoms with Gasteiger partial charge in [0.15, 0.2) is 0 Å². The van der Waals surface area contributed by atoms with E-state index in [2.05, 4.69) is 167 Å². The minimum Gasteiger partial charge on any atom is -0.455 e. The Balaban J connectivity index is 1.23. The molecule has 240 valence electrons. The first-order valence-electron chi connectivity index (χ1n) is 17.6. The van der Waals surface area contributed by atoms with Crippen LogP contribution >= 0.6 is 0 Å². The van der Waals surface area contributed by atoms with Crippen LogP contribution in [0.3, 0.4) is 0 Å². The second-order valence-electron chi connectivity index (χ2n) is 14.0. The molecule has 0 fully saturated rings. The molecule has 1 heteroatoms. The lowest BCUT2D eigenvalue weighted by Crippen LogP contribution is -1.94. The number of hydrogen-bond donors (Lipinski definition) is 0. The number of hydrogen-bond acceptors (Lipinski definition) is 1. The molecule has 1 aliphatic carbocycles. The van der Waals surface area contributed by atoms with Crippen LogP contribution in [0.25, 0.3) is 76.9 Å². The first kappa shape index (κ1) is 30.2. The average molecular weight is 643 g/mol. The minimum absolute atomic E-state index is 0.835. The molecule has 1 heterocycles. The standard InChI is InChI=1S/C49H38O/c1-30-23-31(2)26-37(25-30)47-41-14-5-6-15-42(41)48(38-27-32(3)24-33(4)28-38)45-29-36(21-22-43(45)47)34-11-9-12-35(20-19-34)39-16-10-17-44-40-13-7-8-18-46(40)50-49(39)44/h5-8,10-29H,9H2,1-4H3. The smallest absolute Gasteiger partial charge is 0.143 e. The zero-order chi connectivity index (χ0) is 33.9. The number of fused-ring (bicyclic) bond motifs is 5. The molecule has 7 aromatic carbocycles. The van der Waals surface area contributed by atoms with Crippen LogP contribution in [0.15, 0.2) is 150 Å². The number of benzene rings is 7. The summed E-state index contributed by atoms with van der Waals surface area (Å²) in [6.07, 6.45) is 10.0. The van der Waals surface area contributed by atoms with Crippen LogP contribution in [-0.2, 0) is 0 Å². The summed E-state index contributed by atoms with van der Waals surface area (Å²) < 4.78 is 6.41. The molecular formula is C49H38O. The largest absolute Gasteiger partial charge is 0.455 e. The number of rotatable bonds is 4. The SMILES string of the molecule is Cc1cc(C)cc(-c2c3ccccc3c(-c3cc(C)cc(C)c3)c3cc(C4=CCC=C(c5cccc6c5oc5ccccc56)C=C4)ccc23)c1. The molecule has 8 aromatic rings. The molecule has 1 aromatic heterocycles. The van der Waals surface area contributed by atoms with Gasteiger partial charge in [-0.15, -0.1) is 0 Å². The van der Waals surface area contributed by atoms with Gasteiger partial charge in [0.05, 0.1) is 0 Å². The van der Waals surface area contributed by atoms with Gasteiger partial charge in [0.1, 0.15) is 11.2 Å². The fraction of sp³-hybridized carbons (Fsp3) is 0.102. The fourth-order valence-corrected chi connectivity index (χ4v) is 8.23. The number of aryl methyl sites for hydroxylation is 4. The Kier molecular flexibility index (Phi) is 7.18. The van der Waals surface area contributed by atoms with Gasteiger partial charge < -0.3 is 4.42 Å². The number of furan rings is 1. The molecule has 0 unspecified atom stereocenters. The lowest BCUT2D eigenvalue weighted by atomic mass is 9.83. The van der Waals surface area contributed by atoms with Crippen molar-refractivity contribution in [3.8, 4) is 22.3 Å². The first-order valence-corrected chi connectivity index (χ1v) is 17.6. The van der Waals surface area contributed by atoms with E-state index in [0.717, 1.165) is 33.9 Å². The van der Waals surface area contributed by atoms with Crippen molar-refractivity contribution in [3.05, 3.63) is 179 Å². The lowest BCUT2D eigenvalue weighted by Gasteiger charge is -2.20. The third-order valence-electron chi connectivity index (χ3n) is 10.2. The van der Waals surface area contributed by atoms with Crippen molar-refractivity contribution < 1.29 is 4.42 Å². The van der Waals surface area contributed by atoms with Crippen molar-refractivity contribution >= 4 is 54.6 Å². The van der Waals surface area contributed by atoms with E-state index in [1.165, 1.54) is 82.8 Å². The highest BCUT2D eigenvalue weighted by atomic mass is 16.3. The summed E-state index contributed by atoms with van der Waals surface area (Å²) in [5, 5.41) is 7.44. The quantitative estimate of drug-likeness (QED) is 0.174. The van der Waals surface area contributed by atoms with Gasteiger partial charge in [0.25, 0.3) is 0 Å². The van der Waals surface area contributed by atoms with Gasteiger partial charge in [-0.3, -0.25) is 0 Å². The molecule has 9 rings (SSSR count). The Morgan fingerprint density at radius 2 is 0.960 bits per heavy atom. The molecule has 0 atom stereocenters. The zero-order valence-electron chi connectivity index (χ0n) is 29.0. The van der Waals surface area contributed by atoms with E-state index in [0.29, 0.717) is 0 Å². The van der Waals surface area contributed by atoms with Crippen molar-refractivity contribution in [2.75, 3.05) is 0 Å². The van der Waals surface area contributed by atoms with E-state index >= 15 is 0 Å². The van der Waals surface area contributed by atoms with Crippen LogP contribution in [0.4, 0.5) is 0 Å². The highest BCUT2D eigenvalue weighted by molar-refractivity contribution is 6.22. The molecule has 50 heavy (non-hydrogen) atoms. The van der Waals surface area contributed by atoms with E-state index in [9.17, 15) is 0 Å². The van der Waals surface area contributed by atoms with Gasteiger partial charge in [0, 0.05) is 16.3 Å². The Morgan fingerprint density at radius 1 is 0.420 bits per heavy atom. The molecule has 0 spiro atoms. The Bertz CT molecular complexity index is 2720. The lowest BCUT2D eigenvalue weighted by molar-refractivity contribution is 0.668. The Labute approximate surface area is 293 Å². The Morgan fingerprint density at radius 3 is 1.64 bits per heavy atom. The maximum Gasteiger partial charge on any atom is 0.143 e. The van der Waals surface area contributed by atoms with Crippen LogP contribution in [0.5, 0.6) is 0 Å². The van der Waals surface area contributed by atoms with E-state index < -0.39 is 0 Å². The predicted octanol–water partition coefficient (Wildman–Crippen LogP) is 13.9. The molecule has 0 radical (unpaired) electrons. The average Bonchev–Trinajstić information content (AvgIpc) is 3.31. The van der Waals surface area contributed by atoms with Crippen LogP contribution in [0.2, 0.25) is 0 Å². The highest BCUT2D eigenvalue weighted by Gasteiger charge is 2.19. The second kappa shape index (κ2) is 11.9. The molecule has 0 aliphatic heterocycles. The van der Waals surface area contributed by atoms with Crippen LogP contribution in [0.1, 0.15) is 39.8 Å². The molecule has 0 saturated carbocycles. The molecule has 1 aliphatic rings. The molecule has 1 nitrogen and oxygen atoms in total. The van der Waals surface area contributed by atoms with Crippen molar-refractivity contribution in [3.63, 3.8) is 0 Å². The summed E-state index contributed by atoms with van der Waals surface area (Å²) in [6, 6.07) is 44.8. The van der Waals surface area contributed by atoms with Gasteiger partial charge in [-0.2, -0.15) is 0 Å². The molecular weight excluding hydrogens is 605 g/mol. The van der Waals surface area contributed by atoms with Crippen molar-refractivity contribution in [1.29, 1.82) is 0 Å². The van der Waals surface area contributed by atoms with E-state index in [1.54, 1.807) is 0 Å². The molecule has 0 amide bonds. The van der Waals surface area contributed by atoms with Crippen LogP contribution < -0.4 is 0 Å². The summed E-state index contributed by atoms with van der Waals surface area (Å²) >= 11 is 0. The van der Waals surface area contributed by atoms with Crippen molar-refractivity contribution in [2.24, 2.45) is 0 Å². The minimum atomic E-state index is 0.835. The third-order valence-corrected chi connectivity index (χ3v) is 10.2. The first-order chi connectivity index (χ1) is 24.4. The third kappa shape index (κ3) is 5.09. The zero-order valence-corrected chi connectivity index (χ0v) is 29.0. The summed E-state index contributed by atoms with van der Waals surface area (Å²) in [4.78, 5) is 0. The van der Waals surface area contributed by atoms with Crippen LogP contribution in [0, 0.1) is 27.7 Å². The maximum atomic E-state index is 6.41. The van der Waals surface area contributed by atoms with Gasteiger partial charge >= 0.3 is 0 Å². The van der Waals surface area contributed by atoms with Crippen molar-refractivity contribution in [2.45, 2.75) is 34.1 Å². The fourth-order valence-electron chi connectivity index (χ4n) is 8.23. The summed E-state index contributed by atoms with van der Waals surface area (Å²) in [5.74, 6) is 0. The van der Waals surface area contributed by atoms with E-state index in [1.807, 2.05) is 6.07 Å². The molecule has 0 bridgehead atoms. The Hall–Kier alpha value is -5.92. The van der Waals surface area contributed by atoms with Gasteiger partial charge in [-0.25, -0.2) is 0 Å². The molecule has 0 N–H and O–H groups in total. The monoisotopic (exact) mass is 642 g/mol. The van der Waals surface area contributed by atoms with Gasteiger partial charge in [-0.1, -0.05) is 156 Å². The summed E-state index contributed by atoms with van der Waals surface area (Å²) in [5.41, 5.74) is 16.9. The van der Waals surface area contributed by atoms with E-state index in [4.69, 9.17) is 4.42 Å². The maximum absolute atomic E-state index is 6.41. The van der Waals surface area contributed by atoms with Crippen molar-refractivity contribution in [1.82, 2.24) is 0 Å². The number of allylic oxidation sites excluding steroid dienone is 6. The van der Waals surface area contributed by atoms with Gasteiger partial charge in [-0.05, 0) is 107 Å². The second-order valence-corrected chi connectivity index (χ2v) is 14.0. The summed E-state index contributed by atoms with van der Waals surface area (Å²) in [7, 11) is 0. The van der Waals surface area contributed by atoms with Gasteiger partial charge in [0.2, 0.25) is 0 Å². The predicted molar refractivity (Wildman–Crippen MR) is 215 cm³/mol. The molecule has 0 saturated heterocycles. The topological polar surface area (TPSA) is 13.1 Å². The highest BCUT2D eigenvalue weighted by Crippen LogP contribution is 2.45. The van der Waals surface area contributed by atoms with Crippen LogP contribution in [-0.4, -0.2) is 0 Å². The number of para-hydroxylation sites is 2. The summed E-state index contributed by atoms with van der Waals surface area (Å²) in [6.45, 7) is 8.80. The normalized spacial score (nSPS) is 13.3.